The monoisotopic (exact) mass is 248 g/mol. The zero-order chi connectivity index (χ0) is 13.1. The molecule has 3 rings (SSSR count). The summed E-state index contributed by atoms with van der Waals surface area (Å²) in [5.41, 5.74) is 3.40. The van der Waals surface area contributed by atoms with Crippen LogP contribution in [0, 0.1) is 11.3 Å². The first kappa shape index (κ1) is 11.8. The standard InChI is InChI=1S/C17H16N2/c18-12-17(19-16-7-2-1-3-8-16)15-6-4-5-14(11-15)13-9-10-13/h1-8,11,13,17,19H,9-10H2. The van der Waals surface area contributed by atoms with Crippen LogP contribution in [-0.4, -0.2) is 0 Å². The number of nitrogens with zero attached hydrogens (tertiary/aromatic N) is 1. The number of hydrogen-bond acceptors (Lipinski definition) is 2. The van der Waals surface area contributed by atoms with Crippen LogP contribution < -0.4 is 5.32 Å². The lowest BCUT2D eigenvalue weighted by Gasteiger charge is -2.14. The molecule has 2 aromatic rings. The molecule has 94 valence electrons. The van der Waals surface area contributed by atoms with E-state index in [-0.39, 0.29) is 6.04 Å². The molecular weight excluding hydrogens is 232 g/mol. The molecule has 2 nitrogen and oxygen atoms in total. The summed E-state index contributed by atoms with van der Waals surface area (Å²) in [6, 6.07) is 20.3. The van der Waals surface area contributed by atoms with Crippen LogP contribution >= 0.6 is 0 Å². The van der Waals surface area contributed by atoms with Crippen molar-refractivity contribution in [1.29, 1.82) is 5.26 Å². The van der Waals surface area contributed by atoms with Crippen molar-refractivity contribution in [3.63, 3.8) is 0 Å². The van der Waals surface area contributed by atoms with Crippen molar-refractivity contribution in [2.24, 2.45) is 0 Å². The van der Waals surface area contributed by atoms with E-state index in [1.165, 1.54) is 18.4 Å². The van der Waals surface area contributed by atoms with Gasteiger partial charge in [0.25, 0.3) is 0 Å². The Bertz CT molecular complexity index is 594. The Morgan fingerprint density at radius 2 is 1.84 bits per heavy atom. The third-order valence-electron chi connectivity index (χ3n) is 3.51. The molecule has 1 atom stereocenters. The Morgan fingerprint density at radius 1 is 1.05 bits per heavy atom. The lowest BCUT2D eigenvalue weighted by molar-refractivity contribution is 0.984. The third kappa shape index (κ3) is 2.77. The minimum Gasteiger partial charge on any atom is -0.366 e. The smallest absolute Gasteiger partial charge is 0.140 e. The molecule has 1 saturated carbocycles. The van der Waals surface area contributed by atoms with Crippen LogP contribution in [0.15, 0.2) is 54.6 Å². The van der Waals surface area contributed by atoms with E-state index < -0.39 is 0 Å². The van der Waals surface area contributed by atoms with Crippen LogP contribution in [0.1, 0.15) is 35.9 Å². The van der Waals surface area contributed by atoms with Gasteiger partial charge in [-0.15, -0.1) is 0 Å². The molecule has 0 spiro atoms. The summed E-state index contributed by atoms with van der Waals surface area (Å²) >= 11 is 0. The highest BCUT2D eigenvalue weighted by Crippen LogP contribution is 2.40. The zero-order valence-corrected chi connectivity index (χ0v) is 10.7. The molecule has 1 N–H and O–H groups in total. The summed E-state index contributed by atoms with van der Waals surface area (Å²) in [5, 5.41) is 12.6. The van der Waals surface area contributed by atoms with Crippen molar-refractivity contribution in [2.75, 3.05) is 5.32 Å². The second kappa shape index (κ2) is 5.16. The highest BCUT2D eigenvalue weighted by molar-refractivity contribution is 5.47. The average Bonchev–Trinajstić information content (AvgIpc) is 3.31. The van der Waals surface area contributed by atoms with Crippen LogP contribution in [0.3, 0.4) is 0 Å². The summed E-state index contributed by atoms with van der Waals surface area (Å²) in [7, 11) is 0. The first-order chi connectivity index (χ1) is 9.36. The highest BCUT2D eigenvalue weighted by Gasteiger charge is 2.24. The summed E-state index contributed by atoms with van der Waals surface area (Å²) in [5.74, 6) is 0.719. The molecule has 0 saturated heterocycles. The fraction of sp³-hybridized carbons (Fsp3) is 0.235. The second-order valence-electron chi connectivity index (χ2n) is 5.02. The molecule has 2 heteroatoms. The molecule has 1 aliphatic rings. The summed E-state index contributed by atoms with van der Waals surface area (Å²) < 4.78 is 0. The first-order valence-electron chi connectivity index (χ1n) is 6.68. The van der Waals surface area contributed by atoms with Crippen molar-refractivity contribution in [3.8, 4) is 6.07 Å². The molecule has 0 bridgehead atoms. The van der Waals surface area contributed by atoms with Crippen molar-refractivity contribution < 1.29 is 0 Å². The topological polar surface area (TPSA) is 35.8 Å². The van der Waals surface area contributed by atoms with Gasteiger partial charge in [0.05, 0.1) is 6.07 Å². The Kier molecular flexibility index (Phi) is 3.20. The number of para-hydroxylation sites is 1. The normalized spacial score (nSPS) is 15.5. The van der Waals surface area contributed by atoms with E-state index in [9.17, 15) is 5.26 Å². The Balaban J connectivity index is 1.82. The van der Waals surface area contributed by atoms with E-state index in [4.69, 9.17) is 0 Å². The fourth-order valence-corrected chi connectivity index (χ4v) is 2.30. The van der Waals surface area contributed by atoms with Gasteiger partial charge in [-0.2, -0.15) is 5.26 Å². The van der Waals surface area contributed by atoms with Gasteiger partial charge in [0.15, 0.2) is 0 Å². The minimum absolute atomic E-state index is 0.291. The van der Waals surface area contributed by atoms with Crippen molar-refractivity contribution in [2.45, 2.75) is 24.8 Å². The molecule has 0 amide bonds. The summed E-state index contributed by atoms with van der Waals surface area (Å²) in [6.07, 6.45) is 2.57. The van der Waals surface area contributed by atoms with Gasteiger partial charge in [0.1, 0.15) is 6.04 Å². The second-order valence-corrected chi connectivity index (χ2v) is 5.02. The largest absolute Gasteiger partial charge is 0.366 e. The van der Waals surface area contributed by atoms with E-state index in [2.05, 4.69) is 29.6 Å². The van der Waals surface area contributed by atoms with Crippen LogP contribution in [0.5, 0.6) is 0 Å². The van der Waals surface area contributed by atoms with Crippen LogP contribution in [0.25, 0.3) is 0 Å². The van der Waals surface area contributed by atoms with Crippen LogP contribution in [-0.2, 0) is 0 Å². The van der Waals surface area contributed by atoms with Gasteiger partial charge in [-0.25, -0.2) is 0 Å². The molecule has 0 aliphatic heterocycles. The van der Waals surface area contributed by atoms with Crippen LogP contribution in [0.2, 0.25) is 0 Å². The first-order valence-corrected chi connectivity index (χ1v) is 6.68. The molecule has 1 unspecified atom stereocenters. The van der Waals surface area contributed by atoms with Gasteiger partial charge >= 0.3 is 0 Å². The maximum Gasteiger partial charge on any atom is 0.140 e. The number of anilines is 1. The van der Waals surface area contributed by atoms with Crippen molar-refractivity contribution >= 4 is 5.69 Å². The Labute approximate surface area is 113 Å². The van der Waals surface area contributed by atoms with Gasteiger partial charge in [-0.3, -0.25) is 0 Å². The molecule has 0 radical (unpaired) electrons. The van der Waals surface area contributed by atoms with Gasteiger partial charge < -0.3 is 5.32 Å². The molecule has 2 aromatic carbocycles. The minimum atomic E-state index is -0.291. The van der Waals surface area contributed by atoms with Crippen molar-refractivity contribution in [3.05, 3.63) is 65.7 Å². The Morgan fingerprint density at radius 3 is 2.53 bits per heavy atom. The predicted octanol–water partition coefficient (Wildman–Crippen LogP) is 4.24. The lowest BCUT2D eigenvalue weighted by atomic mass is 10.0. The number of nitrogens with one attached hydrogen (secondary N) is 1. The van der Waals surface area contributed by atoms with Crippen molar-refractivity contribution in [1.82, 2.24) is 0 Å². The highest BCUT2D eigenvalue weighted by atomic mass is 14.9. The molecule has 1 aliphatic carbocycles. The summed E-state index contributed by atoms with van der Waals surface area (Å²) in [4.78, 5) is 0. The lowest BCUT2D eigenvalue weighted by Crippen LogP contribution is -2.08. The summed E-state index contributed by atoms with van der Waals surface area (Å²) in [6.45, 7) is 0. The third-order valence-corrected chi connectivity index (χ3v) is 3.51. The molecule has 0 heterocycles. The quantitative estimate of drug-likeness (QED) is 0.878. The van der Waals surface area contributed by atoms with Gasteiger partial charge in [-0.1, -0.05) is 42.5 Å². The number of nitriles is 1. The van der Waals surface area contributed by atoms with E-state index in [1.807, 2.05) is 36.4 Å². The number of hydrogen-bond donors (Lipinski definition) is 1. The average molecular weight is 248 g/mol. The van der Waals surface area contributed by atoms with E-state index in [1.54, 1.807) is 0 Å². The van der Waals surface area contributed by atoms with E-state index in [0.29, 0.717) is 0 Å². The number of rotatable bonds is 4. The maximum absolute atomic E-state index is 9.37. The van der Waals surface area contributed by atoms with Gasteiger partial charge in [-0.05, 0) is 42.0 Å². The van der Waals surface area contributed by atoms with Gasteiger partial charge in [0.2, 0.25) is 0 Å². The molecular formula is C17H16N2. The van der Waals surface area contributed by atoms with Crippen LogP contribution in [0.4, 0.5) is 5.69 Å². The predicted molar refractivity (Wildman–Crippen MR) is 76.8 cm³/mol. The molecule has 0 aromatic heterocycles. The molecule has 1 fully saturated rings. The SMILES string of the molecule is N#CC(Nc1ccccc1)c1cccc(C2CC2)c1. The molecule has 19 heavy (non-hydrogen) atoms. The Hall–Kier alpha value is -2.27. The maximum atomic E-state index is 9.37. The van der Waals surface area contributed by atoms with E-state index >= 15 is 0 Å². The van der Waals surface area contributed by atoms with Gasteiger partial charge in [0, 0.05) is 5.69 Å². The van der Waals surface area contributed by atoms with E-state index in [0.717, 1.165) is 17.2 Å². The zero-order valence-electron chi connectivity index (χ0n) is 10.7. The fourth-order valence-electron chi connectivity index (χ4n) is 2.30. The number of benzene rings is 2.